The van der Waals surface area contributed by atoms with Gasteiger partial charge in [0.05, 0.1) is 25.3 Å². The van der Waals surface area contributed by atoms with Gasteiger partial charge < -0.3 is 19.8 Å². The van der Waals surface area contributed by atoms with Crippen LogP contribution in [0.5, 0.6) is 11.5 Å². The van der Waals surface area contributed by atoms with Crippen molar-refractivity contribution in [2.45, 2.75) is 26.3 Å². The molecule has 2 N–H and O–H groups in total. The Morgan fingerprint density at radius 1 is 1.21 bits per heavy atom. The SMILES string of the molecule is CCn1c(CCCN)nc2cc(OC)c(OC)cc21. The van der Waals surface area contributed by atoms with Crippen LogP contribution in [0.4, 0.5) is 0 Å². The van der Waals surface area contributed by atoms with Gasteiger partial charge in [-0.15, -0.1) is 0 Å². The van der Waals surface area contributed by atoms with Crippen molar-refractivity contribution in [3.05, 3.63) is 18.0 Å². The van der Waals surface area contributed by atoms with E-state index in [0.717, 1.165) is 42.0 Å². The molecule has 0 bridgehead atoms. The van der Waals surface area contributed by atoms with Gasteiger partial charge in [-0.1, -0.05) is 0 Å². The molecule has 0 saturated carbocycles. The van der Waals surface area contributed by atoms with Crippen LogP contribution in [-0.2, 0) is 13.0 Å². The lowest BCUT2D eigenvalue weighted by Crippen LogP contribution is -2.06. The number of fused-ring (bicyclic) bond motifs is 1. The Bertz CT molecular complexity index is 563. The minimum atomic E-state index is 0.680. The maximum Gasteiger partial charge on any atom is 0.163 e. The number of hydrogen-bond acceptors (Lipinski definition) is 4. The van der Waals surface area contributed by atoms with Gasteiger partial charge in [0.25, 0.3) is 0 Å². The molecule has 0 atom stereocenters. The number of nitrogens with zero attached hydrogens (tertiary/aromatic N) is 2. The molecule has 0 aliphatic carbocycles. The Morgan fingerprint density at radius 2 is 1.89 bits per heavy atom. The van der Waals surface area contributed by atoms with E-state index in [2.05, 4.69) is 16.5 Å². The van der Waals surface area contributed by atoms with Gasteiger partial charge in [-0.05, 0) is 19.9 Å². The van der Waals surface area contributed by atoms with Crippen molar-refractivity contribution >= 4 is 11.0 Å². The number of benzene rings is 1. The number of ether oxygens (including phenoxy) is 2. The summed E-state index contributed by atoms with van der Waals surface area (Å²) in [5, 5.41) is 0. The van der Waals surface area contributed by atoms with Crippen LogP contribution < -0.4 is 15.2 Å². The highest BCUT2D eigenvalue weighted by Gasteiger charge is 2.13. The van der Waals surface area contributed by atoms with E-state index in [0.29, 0.717) is 12.3 Å². The second-order valence-electron chi connectivity index (χ2n) is 4.36. The second kappa shape index (κ2) is 5.93. The Balaban J connectivity index is 2.55. The first-order valence-corrected chi connectivity index (χ1v) is 6.56. The van der Waals surface area contributed by atoms with Crippen molar-refractivity contribution in [1.29, 1.82) is 0 Å². The lowest BCUT2D eigenvalue weighted by atomic mass is 10.2. The third-order valence-corrected chi connectivity index (χ3v) is 3.25. The molecule has 0 amide bonds. The third-order valence-electron chi connectivity index (χ3n) is 3.25. The van der Waals surface area contributed by atoms with Gasteiger partial charge in [0.1, 0.15) is 5.82 Å². The Labute approximate surface area is 113 Å². The highest BCUT2D eigenvalue weighted by molar-refractivity contribution is 5.80. The second-order valence-corrected chi connectivity index (χ2v) is 4.36. The van der Waals surface area contributed by atoms with Crippen LogP contribution in [-0.4, -0.2) is 30.3 Å². The fourth-order valence-corrected chi connectivity index (χ4v) is 2.31. The van der Waals surface area contributed by atoms with E-state index < -0.39 is 0 Å². The van der Waals surface area contributed by atoms with Crippen LogP contribution in [0.15, 0.2) is 12.1 Å². The summed E-state index contributed by atoms with van der Waals surface area (Å²) in [4.78, 5) is 4.68. The lowest BCUT2D eigenvalue weighted by Gasteiger charge is -2.09. The molecule has 0 fully saturated rings. The van der Waals surface area contributed by atoms with Gasteiger partial charge >= 0.3 is 0 Å². The Hall–Kier alpha value is -1.75. The zero-order valence-electron chi connectivity index (χ0n) is 11.8. The number of nitrogens with two attached hydrogens (primary N) is 1. The monoisotopic (exact) mass is 263 g/mol. The van der Waals surface area contributed by atoms with Gasteiger partial charge in [-0.2, -0.15) is 0 Å². The van der Waals surface area contributed by atoms with Crippen LogP contribution in [0.3, 0.4) is 0 Å². The molecule has 0 spiro atoms. The van der Waals surface area contributed by atoms with Crippen LogP contribution >= 0.6 is 0 Å². The molecule has 104 valence electrons. The maximum atomic E-state index is 5.58. The number of aromatic nitrogens is 2. The average molecular weight is 263 g/mol. The van der Waals surface area contributed by atoms with Gasteiger partial charge in [0, 0.05) is 25.1 Å². The molecule has 0 aliphatic heterocycles. The minimum absolute atomic E-state index is 0.680. The summed E-state index contributed by atoms with van der Waals surface area (Å²) in [5.74, 6) is 2.51. The molecular formula is C14H21N3O2. The highest BCUT2D eigenvalue weighted by Crippen LogP contribution is 2.32. The fraction of sp³-hybridized carbons (Fsp3) is 0.500. The van der Waals surface area contributed by atoms with E-state index >= 15 is 0 Å². The summed E-state index contributed by atoms with van der Waals surface area (Å²) in [6.07, 6.45) is 1.83. The molecule has 1 aromatic heterocycles. The predicted molar refractivity (Wildman–Crippen MR) is 75.9 cm³/mol. The third kappa shape index (κ3) is 2.51. The molecule has 0 aliphatic rings. The summed E-state index contributed by atoms with van der Waals surface area (Å²) in [6.45, 7) is 3.68. The molecule has 2 aromatic rings. The zero-order valence-corrected chi connectivity index (χ0v) is 11.8. The average Bonchev–Trinajstić information content (AvgIpc) is 2.79. The predicted octanol–water partition coefficient (Wildman–Crippen LogP) is 1.96. The molecule has 0 saturated heterocycles. The number of aryl methyl sites for hydroxylation is 2. The molecule has 5 heteroatoms. The first kappa shape index (κ1) is 13.7. The van der Waals surface area contributed by atoms with Crippen molar-refractivity contribution in [3.8, 4) is 11.5 Å². The first-order valence-electron chi connectivity index (χ1n) is 6.56. The van der Waals surface area contributed by atoms with Crippen LogP contribution in [0.2, 0.25) is 0 Å². The van der Waals surface area contributed by atoms with Crippen LogP contribution in [0, 0.1) is 0 Å². The quantitative estimate of drug-likeness (QED) is 0.865. The molecule has 1 aromatic carbocycles. The van der Waals surface area contributed by atoms with Gasteiger partial charge in [-0.25, -0.2) is 4.98 Å². The lowest BCUT2D eigenvalue weighted by molar-refractivity contribution is 0.355. The van der Waals surface area contributed by atoms with Crippen molar-refractivity contribution < 1.29 is 9.47 Å². The van der Waals surface area contributed by atoms with Crippen molar-refractivity contribution in [1.82, 2.24) is 9.55 Å². The molecular weight excluding hydrogens is 242 g/mol. The van der Waals surface area contributed by atoms with E-state index in [1.165, 1.54) is 0 Å². The topological polar surface area (TPSA) is 62.3 Å². The summed E-state index contributed by atoms with van der Waals surface area (Å²) in [6, 6.07) is 3.91. The summed E-state index contributed by atoms with van der Waals surface area (Å²) < 4.78 is 12.9. The fourth-order valence-electron chi connectivity index (χ4n) is 2.31. The van der Waals surface area contributed by atoms with E-state index in [4.69, 9.17) is 15.2 Å². The van der Waals surface area contributed by atoms with E-state index in [1.807, 2.05) is 12.1 Å². The van der Waals surface area contributed by atoms with E-state index in [9.17, 15) is 0 Å². The van der Waals surface area contributed by atoms with Crippen LogP contribution in [0.25, 0.3) is 11.0 Å². The molecule has 5 nitrogen and oxygen atoms in total. The van der Waals surface area contributed by atoms with Crippen molar-refractivity contribution in [2.24, 2.45) is 5.73 Å². The number of imidazole rings is 1. The smallest absolute Gasteiger partial charge is 0.163 e. The van der Waals surface area contributed by atoms with Crippen molar-refractivity contribution in [2.75, 3.05) is 20.8 Å². The van der Waals surface area contributed by atoms with Crippen LogP contribution in [0.1, 0.15) is 19.2 Å². The Morgan fingerprint density at radius 3 is 2.47 bits per heavy atom. The largest absolute Gasteiger partial charge is 0.493 e. The zero-order chi connectivity index (χ0) is 13.8. The standard InChI is InChI=1S/C14H21N3O2/c1-4-17-11-9-13(19-3)12(18-2)8-10(11)16-14(17)6-5-7-15/h8-9H,4-7,15H2,1-3H3. The van der Waals surface area contributed by atoms with Gasteiger partial charge in [0.15, 0.2) is 11.5 Å². The summed E-state index contributed by atoms with van der Waals surface area (Å²) >= 11 is 0. The molecule has 19 heavy (non-hydrogen) atoms. The van der Waals surface area contributed by atoms with Gasteiger partial charge in [0.2, 0.25) is 0 Å². The number of rotatable bonds is 6. The number of methoxy groups -OCH3 is 2. The maximum absolute atomic E-state index is 5.58. The molecule has 0 radical (unpaired) electrons. The summed E-state index contributed by atoms with van der Waals surface area (Å²) in [7, 11) is 3.28. The highest BCUT2D eigenvalue weighted by atomic mass is 16.5. The van der Waals surface area contributed by atoms with Gasteiger partial charge in [-0.3, -0.25) is 0 Å². The van der Waals surface area contributed by atoms with E-state index in [1.54, 1.807) is 14.2 Å². The Kier molecular flexibility index (Phi) is 4.27. The van der Waals surface area contributed by atoms with Crippen molar-refractivity contribution in [3.63, 3.8) is 0 Å². The first-order chi connectivity index (χ1) is 9.24. The summed E-state index contributed by atoms with van der Waals surface area (Å²) in [5.41, 5.74) is 7.59. The molecule has 2 rings (SSSR count). The van der Waals surface area contributed by atoms with E-state index in [-0.39, 0.29) is 0 Å². The normalized spacial score (nSPS) is 10.9. The number of hydrogen-bond donors (Lipinski definition) is 1. The molecule has 0 unspecified atom stereocenters. The minimum Gasteiger partial charge on any atom is -0.493 e. The molecule has 1 heterocycles.